The predicted octanol–water partition coefficient (Wildman–Crippen LogP) is 3.24. The van der Waals surface area contributed by atoms with Crippen molar-refractivity contribution in [2.24, 2.45) is 5.92 Å². The van der Waals surface area contributed by atoms with Gasteiger partial charge in [-0.05, 0) is 30.0 Å². The number of amides is 1. The van der Waals surface area contributed by atoms with Gasteiger partial charge in [-0.2, -0.15) is 9.29 Å². The Kier molecular flexibility index (Phi) is 10.5. The number of hydrogen-bond donors (Lipinski definition) is 3. The summed E-state index contributed by atoms with van der Waals surface area (Å²) in [5.74, 6) is -0.0547. The lowest BCUT2D eigenvalue weighted by Gasteiger charge is -2.35. The third-order valence-electron chi connectivity index (χ3n) is 7.27. The highest BCUT2D eigenvalue weighted by Crippen LogP contribution is 2.29. The van der Waals surface area contributed by atoms with Gasteiger partial charge in [0.2, 0.25) is 10.0 Å². The summed E-state index contributed by atoms with van der Waals surface area (Å²) in [5.41, 5.74) is 3.42. The van der Waals surface area contributed by atoms with E-state index < -0.39 is 28.3 Å². The van der Waals surface area contributed by atoms with Crippen LogP contribution in [0.5, 0.6) is 0 Å². The van der Waals surface area contributed by atoms with E-state index in [9.17, 15) is 18.3 Å². The average molecular weight is 643 g/mol. The maximum absolute atomic E-state index is 14.3. The maximum atomic E-state index is 14.3. The quantitative estimate of drug-likeness (QED) is 0.198. The molecule has 14 heteroatoms. The number of benzene rings is 2. The van der Waals surface area contributed by atoms with Gasteiger partial charge in [0.1, 0.15) is 12.1 Å². The number of hydrogen-bond acceptors (Lipinski definition) is 11. The molecule has 2 aromatic carbocycles. The minimum Gasteiger partial charge on any atom is -0.444 e. The lowest BCUT2D eigenvalue weighted by Crippen LogP contribution is -2.52. The number of aliphatic hydroxyl groups is 1. The van der Waals surface area contributed by atoms with Crippen LogP contribution in [-0.2, 0) is 27.8 Å². The van der Waals surface area contributed by atoms with Crippen molar-refractivity contribution >= 4 is 44.6 Å². The van der Waals surface area contributed by atoms with Crippen LogP contribution in [0.1, 0.15) is 24.3 Å². The Labute approximate surface area is 261 Å². The van der Waals surface area contributed by atoms with Crippen LogP contribution in [0.4, 0.5) is 10.8 Å². The van der Waals surface area contributed by atoms with Crippen molar-refractivity contribution in [2.75, 3.05) is 44.2 Å². The molecule has 2 atom stereocenters. The molecule has 0 radical (unpaired) electrons. The van der Waals surface area contributed by atoms with E-state index in [0.717, 1.165) is 36.6 Å². The number of nitrogens with zero attached hydrogens (tertiary/aromatic N) is 4. The fraction of sp³-hybridized carbons (Fsp3) is 0.433. The van der Waals surface area contributed by atoms with Gasteiger partial charge in [0.05, 0.1) is 27.4 Å². The second-order valence-corrected chi connectivity index (χ2v) is 13.9. The molecule has 44 heavy (non-hydrogen) atoms. The van der Waals surface area contributed by atoms with E-state index in [1.54, 1.807) is 17.8 Å². The highest BCUT2D eigenvalue weighted by molar-refractivity contribution is 7.89. The Balaban J connectivity index is 1.40. The number of sulfonamides is 1. The molecule has 2 unspecified atom stereocenters. The number of rotatable bonds is 13. The first-order chi connectivity index (χ1) is 21.2. The molecule has 1 fully saturated rings. The fourth-order valence-corrected chi connectivity index (χ4v) is 7.40. The van der Waals surface area contributed by atoms with Crippen LogP contribution in [0.25, 0.3) is 11.1 Å². The SMILES string of the molecule is CC(C)CN(C(Cc1ccccc1)C(O)CNC(=O)OCc1cncs1)S(=O)(=O)c1ccc2nc(N3CCNCC3)oc2c1. The van der Waals surface area contributed by atoms with Crippen LogP contribution in [0.2, 0.25) is 0 Å². The first-order valence-corrected chi connectivity index (χ1v) is 16.9. The predicted molar refractivity (Wildman–Crippen MR) is 168 cm³/mol. The number of aliphatic hydroxyl groups excluding tert-OH is 1. The zero-order valence-corrected chi connectivity index (χ0v) is 26.4. The van der Waals surface area contributed by atoms with Gasteiger partial charge in [-0.25, -0.2) is 13.2 Å². The molecule has 0 bridgehead atoms. The molecule has 3 N–H and O–H groups in total. The van der Waals surface area contributed by atoms with Crippen LogP contribution < -0.4 is 15.5 Å². The van der Waals surface area contributed by atoms with Gasteiger partial charge < -0.3 is 29.8 Å². The molecule has 0 saturated carbocycles. The summed E-state index contributed by atoms with van der Waals surface area (Å²) in [6, 6.07) is 13.6. The lowest BCUT2D eigenvalue weighted by molar-refractivity contribution is 0.0786. The molecular weight excluding hydrogens is 605 g/mol. The molecule has 236 valence electrons. The molecule has 2 aromatic heterocycles. The van der Waals surface area contributed by atoms with E-state index in [0.29, 0.717) is 17.1 Å². The number of aromatic nitrogens is 2. The van der Waals surface area contributed by atoms with Crippen LogP contribution in [0.15, 0.2) is 69.6 Å². The van der Waals surface area contributed by atoms with E-state index in [2.05, 4.69) is 20.6 Å². The van der Waals surface area contributed by atoms with Crippen LogP contribution in [-0.4, -0.2) is 85.3 Å². The molecular formula is C30H38N6O6S2. The summed E-state index contributed by atoms with van der Waals surface area (Å²) in [5, 5.41) is 17.3. The maximum Gasteiger partial charge on any atom is 0.407 e. The summed E-state index contributed by atoms with van der Waals surface area (Å²) in [6.07, 6.45) is -0.124. The minimum absolute atomic E-state index is 0.0378. The monoisotopic (exact) mass is 642 g/mol. The summed E-state index contributed by atoms with van der Waals surface area (Å²) in [6.45, 7) is 6.93. The number of fused-ring (bicyclic) bond motifs is 1. The van der Waals surface area contributed by atoms with E-state index in [-0.39, 0.29) is 36.9 Å². The van der Waals surface area contributed by atoms with Gasteiger partial charge in [0.25, 0.3) is 6.01 Å². The first-order valence-electron chi connectivity index (χ1n) is 14.6. The number of piperazine rings is 1. The second-order valence-electron chi connectivity index (χ2n) is 11.1. The van der Waals surface area contributed by atoms with Gasteiger partial charge >= 0.3 is 6.09 Å². The van der Waals surface area contributed by atoms with Gasteiger partial charge in [0, 0.05) is 51.5 Å². The number of carbonyl (C=O) groups is 1. The number of nitrogens with one attached hydrogen (secondary N) is 2. The van der Waals surface area contributed by atoms with Crippen molar-refractivity contribution in [1.29, 1.82) is 0 Å². The van der Waals surface area contributed by atoms with Gasteiger partial charge in [-0.1, -0.05) is 44.2 Å². The largest absolute Gasteiger partial charge is 0.444 e. The standard InChI is InChI=1S/C30H38N6O6S2/c1-21(2)18-36(44(39,40)24-8-9-25-28(15-24)42-29(34-25)35-12-10-31-11-13-35)26(14-22-6-4-3-5-7-22)27(37)17-33-30(38)41-19-23-16-32-20-43-23/h3-9,15-16,20-21,26-27,31,37H,10-14,17-19H2,1-2H3,(H,33,38). The highest BCUT2D eigenvalue weighted by atomic mass is 32.2. The Morgan fingerprint density at radius 1 is 1.20 bits per heavy atom. The summed E-state index contributed by atoms with van der Waals surface area (Å²) in [7, 11) is -4.13. The molecule has 1 amide bonds. The van der Waals surface area contributed by atoms with Gasteiger partial charge in [0.15, 0.2) is 5.58 Å². The molecule has 12 nitrogen and oxygen atoms in total. The Hall–Kier alpha value is -3.56. The van der Waals surface area contributed by atoms with Crippen molar-refractivity contribution in [3.05, 3.63) is 70.7 Å². The Bertz CT molecular complexity index is 1610. The van der Waals surface area contributed by atoms with Gasteiger partial charge in [-0.15, -0.1) is 11.3 Å². The molecule has 1 aliphatic rings. The van der Waals surface area contributed by atoms with Crippen molar-refractivity contribution in [2.45, 2.75) is 43.9 Å². The number of oxazole rings is 1. The topological polar surface area (TPSA) is 150 Å². The molecule has 1 saturated heterocycles. The summed E-state index contributed by atoms with van der Waals surface area (Å²) < 4.78 is 41.3. The average Bonchev–Trinajstić information content (AvgIpc) is 3.71. The smallest absolute Gasteiger partial charge is 0.407 e. The molecule has 5 rings (SSSR count). The number of thiazole rings is 1. The molecule has 1 aliphatic heterocycles. The number of ether oxygens (including phenoxy) is 1. The third-order valence-corrected chi connectivity index (χ3v) is 9.91. The van der Waals surface area contributed by atoms with E-state index in [4.69, 9.17) is 9.15 Å². The van der Waals surface area contributed by atoms with E-state index >= 15 is 0 Å². The van der Waals surface area contributed by atoms with Crippen molar-refractivity contribution in [3.63, 3.8) is 0 Å². The number of carbonyl (C=O) groups excluding carboxylic acids is 1. The van der Waals surface area contributed by atoms with Crippen LogP contribution in [0.3, 0.4) is 0 Å². The van der Waals surface area contributed by atoms with E-state index in [1.807, 2.05) is 49.1 Å². The molecule has 4 aromatic rings. The van der Waals surface area contributed by atoms with Gasteiger partial charge in [-0.3, -0.25) is 4.98 Å². The highest BCUT2D eigenvalue weighted by Gasteiger charge is 2.37. The first kappa shape index (κ1) is 31.9. The van der Waals surface area contributed by atoms with Crippen molar-refractivity contribution in [3.8, 4) is 0 Å². The van der Waals surface area contributed by atoms with Crippen LogP contribution >= 0.6 is 11.3 Å². The molecule has 0 aliphatic carbocycles. The normalized spacial score (nSPS) is 15.5. The molecule has 0 spiro atoms. The number of anilines is 1. The lowest BCUT2D eigenvalue weighted by atomic mass is 10.0. The molecule has 3 heterocycles. The summed E-state index contributed by atoms with van der Waals surface area (Å²) in [4.78, 5) is 23.8. The number of alkyl carbamates (subject to hydrolysis) is 1. The Morgan fingerprint density at radius 3 is 2.68 bits per heavy atom. The zero-order chi connectivity index (χ0) is 31.1. The van der Waals surface area contributed by atoms with E-state index in [1.165, 1.54) is 27.8 Å². The third kappa shape index (κ3) is 7.93. The minimum atomic E-state index is -4.13. The van der Waals surface area contributed by atoms with Crippen LogP contribution in [0, 0.1) is 5.92 Å². The Morgan fingerprint density at radius 2 is 1.98 bits per heavy atom. The summed E-state index contributed by atoms with van der Waals surface area (Å²) >= 11 is 1.36. The zero-order valence-electron chi connectivity index (χ0n) is 24.8. The fourth-order valence-electron chi connectivity index (χ4n) is 5.06. The van der Waals surface area contributed by atoms with Crippen molar-refractivity contribution < 1.29 is 27.5 Å². The van der Waals surface area contributed by atoms with Crippen molar-refractivity contribution in [1.82, 2.24) is 24.9 Å². The second kappa shape index (κ2) is 14.5.